The van der Waals surface area contributed by atoms with Crippen molar-refractivity contribution in [1.82, 2.24) is 40.2 Å². The van der Waals surface area contributed by atoms with Gasteiger partial charge >= 0.3 is 0 Å². The topological polar surface area (TPSA) is 113 Å². The van der Waals surface area contributed by atoms with Crippen LogP contribution in [0.25, 0.3) is 11.3 Å². The number of rotatable bonds is 4. The molecule has 3 heterocycles. The third-order valence-corrected chi connectivity index (χ3v) is 4.54. The molecule has 1 saturated heterocycles. The first-order valence-corrected chi connectivity index (χ1v) is 8.59. The van der Waals surface area contributed by atoms with Crippen molar-refractivity contribution in [3.63, 3.8) is 0 Å². The highest BCUT2D eigenvalue weighted by Gasteiger charge is 2.27. The molecule has 0 radical (unpaired) electrons. The van der Waals surface area contributed by atoms with Gasteiger partial charge in [-0.2, -0.15) is 5.10 Å². The fraction of sp³-hybridized carbons (Fsp3) is 0.294. The molecule has 138 valence electrons. The predicted molar refractivity (Wildman–Crippen MR) is 94.3 cm³/mol. The number of aromatic amines is 1. The normalized spacial score (nSPS) is 14.4. The van der Waals surface area contributed by atoms with Gasteiger partial charge in [0.2, 0.25) is 5.91 Å². The molecule has 2 amide bonds. The van der Waals surface area contributed by atoms with Crippen molar-refractivity contribution in [1.29, 1.82) is 0 Å². The smallest absolute Gasteiger partial charge is 0.257 e. The minimum Gasteiger partial charge on any atom is -0.338 e. The van der Waals surface area contributed by atoms with E-state index in [1.54, 1.807) is 16.0 Å². The van der Waals surface area contributed by atoms with E-state index < -0.39 is 0 Å². The first-order valence-electron chi connectivity index (χ1n) is 8.59. The lowest BCUT2D eigenvalue weighted by Gasteiger charge is -2.34. The molecule has 0 spiro atoms. The molecule has 1 aliphatic rings. The summed E-state index contributed by atoms with van der Waals surface area (Å²) in [5, 5.41) is 17.7. The average molecular weight is 366 g/mol. The van der Waals surface area contributed by atoms with E-state index in [0.717, 1.165) is 5.56 Å². The molecule has 3 aromatic rings. The minimum atomic E-state index is -0.0878. The fourth-order valence-electron chi connectivity index (χ4n) is 3.09. The first kappa shape index (κ1) is 16.9. The van der Waals surface area contributed by atoms with Gasteiger partial charge in [0.15, 0.2) is 0 Å². The van der Waals surface area contributed by atoms with Gasteiger partial charge in [0.25, 0.3) is 5.91 Å². The van der Waals surface area contributed by atoms with Crippen LogP contribution in [-0.4, -0.2) is 78.2 Å². The maximum atomic E-state index is 12.9. The monoisotopic (exact) mass is 366 g/mol. The number of tetrazole rings is 1. The highest BCUT2D eigenvalue weighted by molar-refractivity contribution is 5.99. The van der Waals surface area contributed by atoms with Gasteiger partial charge in [-0.3, -0.25) is 14.7 Å². The molecule has 1 aromatic carbocycles. The zero-order chi connectivity index (χ0) is 18.6. The Morgan fingerprint density at radius 1 is 1.04 bits per heavy atom. The number of hydrogen-bond acceptors (Lipinski definition) is 6. The van der Waals surface area contributed by atoms with Gasteiger partial charge in [-0.15, -0.1) is 5.10 Å². The maximum Gasteiger partial charge on any atom is 0.257 e. The van der Waals surface area contributed by atoms with Crippen LogP contribution in [0.2, 0.25) is 0 Å². The lowest BCUT2D eigenvalue weighted by molar-refractivity contribution is -0.133. The SMILES string of the molecule is O=C(Cn1cnnn1)N1CCN(C(=O)c2cn[nH]c2-c2ccccc2)CC1. The fourth-order valence-corrected chi connectivity index (χ4v) is 3.09. The van der Waals surface area contributed by atoms with Crippen LogP contribution >= 0.6 is 0 Å². The second-order valence-electron chi connectivity index (χ2n) is 6.21. The Morgan fingerprint density at radius 3 is 2.48 bits per heavy atom. The number of nitrogens with one attached hydrogen (secondary N) is 1. The van der Waals surface area contributed by atoms with E-state index in [4.69, 9.17) is 0 Å². The summed E-state index contributed by atoms with van der Waals surface area (Å²) in [6, 6.07) is 9.62. The molecule has 1 N–H and O–H groups in total. The summed E-state index contributed by atoms with van der Waals surface area (Å²) in [5.74, 6) is -0.155. The second kappa shape index (κ2) is 7.36. The van der Waals surface area contributed by atoms with Crippen LogP contribution in [0.15, 0.2) is 42.9 Å². The quantitative estimate of drug-likeness (QED) is 0.698. The lowest BCUT2D eigenvalue weighted by atomic mass is 10.1. The molecule has 1 fully saturated rings. The summed E-state index contributed by atoms with van der Waals surface area (Å²) in [6.07, 6.45) is 2.96. The van der Waals surface area contributed by atoms with Crippen molar-refractivity contribution >= 4 is 11.8 Å². The number of hydrogen-bond donors (Lipinski definition) is 1. The summed E-state index contributed by atoms with van der Waals surface area (Å²) in [5.41, 5.74) is 2.15. The van der Waals surface area contributed by atoms with Crippen LogP contribution in [-0.2, 0) is 11.3 Å². The Morgan fingerprint density at radius 2 is 1.78 bits per heavy atom. The Labute approximate surface area is 154 Å². The molecule has 0 saturated carbocycles. The Hall–Kier alpha value is -3.56. The van der Waals surface area contributed by atoms with Gasteiger partial charge in [-0.05, 0) is 10.4 Å². The van der Waals surface area contributed by atoms with E-state index in [9.17, 15) is 9.59 Å². The lowest BCUT2D eigenvalue weighted by Crippen LogP contribution is -2.51. The van der Waals surface area contributed by atoms with E-state index in [2.05, 4.69) is 25.7 Å². The number of piperazine rings is 1. The number of H-pyrrole nitrogens is 1. The van der Waals surface area contributed by atoms with E-state index in [1.165, 1.54) is 11.0 Å². The third kappa shape index (κ3) is 3.54. The van der Waals surface area contributed by atoms with Crippen molar-refractivity contribution in [3.8, 4) is 11.3 Å². The van der Waals surface area contributed by atoms with Gasteiger partial charge in [-0.1, -0.05) is 30.3 Å². The maximum absolute atomic E-state index is 12.9. The number of nitrogens with zero attached hydrogens (tertiary/aromatic N) is 7. The van der Waals surface area contributed by atoms with Crippen molar-refractivity contribution in [2.45, 2.75) is 6.54 Å². The summed E-state index contributed by atoms with van der Waals surface area (Å²) in [4.78, 5) is 28.7. The predicted octanol–water partition coefficient (Wildman–Crippen LogP) is 0.0478. The Balaban J connectivity index is 1.40. The molecule has 0 unspecified atom stereocenters. The van der Waals surface area contributed by atoms with E-state index >= 15 is 0 Å². The molecule has 10 nitrogen and oxygen atoms in total. The van der Waals surface area contributed by atoms with Crippen molar-refractivity contribution in [2.75, 3.05) is 26.2 Å². The van der Waals surface area contributed by atoms with Crippen LogP contribution in [0.4, 0.5) is 0 Å². The Kier molecular flexibility index (Phi) is 4.60. The van der Waals surface area contributed by atoms with Crippen molar-refractivity contribution in [3.05, 3.63) is 48.4 Å². The highest BCUT2D eigenvalue weighted by atomic mass is 16.2. The minimum absolute atomic E-state index is 0.0670. The zero-order valence-corrected chi connectivity index (χ0v) is 14.5. The van der Waals surface area contributed by atoms with E-state index in [0.29, 0.717) is 37.4 Å². The summed E-state index contributed by atoms with van der Waals surface area (Å²) < 4.78 is 1.39. The highest BCUT2D eigenvalue weighted by Crippen LogP contribution is 2.22. The third-order valence-electron chi connectivity index (χ3n) is 4.54. The number of carbonyl (C=O) groups is 2. The molecular formula is C17H18N8O2. The van der Waals surface area contributed by atoms with Gasteiger partial charge in [0, 0.05) is 31.7 Å². The number of carbonyl (C=O) groups excluding carboxylic acids is 2. The largest absolute Gasteiger partial charge is 0.338 e. The van der Waals surface area contributed by atoms with E-state index in [1.807, 2.05) is 30.3 Å². The molecule has 1 aliphatic heterocycles. The first-order chi connectivity index (χ1) is 13.2. The molecule has 2 aromatic heterocycles. The molecule has 27 heavy (non-hydrogen) atoms. The van der Waals surface area contributed by atoms with Crippen molar-refractivity contribution < 1.29 is 9.59 Å². The molecule has 10 heteroatoms. The van der Waals surface area contributed by atoms with Gasteiger partial charge in [0.05, 0.1) is 17.5 Å². The number of benzene rings is 1. The second-order valence-corrected chi connectivity index (χ2v) is 6.21. The number of amides is 2. The van der Waals surface area contributed by atoms with Crippen LogP contribution in [0.3, 0.4) is 0 Å². The summed E-state index contributed by atoms with van der Waals surface area (Å²) in [7, 11) is 0. The molecular weight excluding hydrogens is 348 g/mol. The van der Waals surface area contributed by atoms with Crippen LogP contribution in [0.1, 0.15) is 10.4 Å². The van der Waals surface area contributed by atoms with Gasteiger partial charge < -0.3 is 9.80 Å². The van der Waals surface area contributed by atoms with Gasteiger partial charge in [-0.25, -0.2) is 4.68 Å². The average Bonchev–Trinajstić information content (AvgIpc) is 3.40. The van der Waals surface area contributed by atoms with E-state index in [-0.39, 0.29) is 18.4 Å². The molecule has 4 rings (SSSR count). The summed E-state index contributed by atoms with van der Waals surface area (Å²) >= 11 is 0. The molecule has 0 atom stereocenters. The van der Waals surface area contributed by atoms with Crippen LogP contribution < -0.4 is 0 Å². The standard InChI is InChI=1S/C17H18N8O2/c26-15(11-25-12-19-21-22-25)23-6-8-24(9-7-23)17(27)14-10-18-20-16(14)13-4-2-1-3-5-13/h1-5,10,12H,6-9,11H2,(H,18,20). The van der Waals surface area contributed by atoms with Gasteiger partial charge in [0.1, 0.15) is 12.9 Å². The van der Waals surface area contributed by atoms with Crippen LogP contribution in [0.5, 0.6) is 0 Å². The number of aromatic nitrogens is 6. The molecule has 0 aliphatic carbocycles. The molecule has 0 bridgehead atoms. The Bertz CT molecular complexity index is 914. The summed E-state index contributed by atoms with van der Waals surface area (Å²) in [6.45, 7) is 2.00. The van der Waals surface area contributed by atoms with Crippen molar-refractivity contribution in [2.24, 2.45) is 0 Å². The zero-order valence-electron chi connectivity index (χ0n) is 14.5. The van der Waals surface area contributed by atoms with Crippen LogP contribution in [0, 0.1) is 0 Å².